The zero-order valence-electron chi connectivity index (χ0n) is 9.97. The van der Waals surface area contributed by atoms with Crippen molar-refractivity contribution in [2.75, 3.05) is 14.1 Å². The second-order valence-corrected chi connectivity index (χ2v) is 3.24. The SMILES string of the molecule is C.CN[C@@H](C)C(C)=O.CN[C@H](C)C(C)=O. The van der Waals surface area contributed by atoms with E-state index >= 15 is 0 Å². The number of nitrogens with one attached hydrogen (secondary N) is 2. The molecule has 4 heteroatoms. The fraction of sp³-hybridized carbons (Fsp3) is 0.818. The van der Waals surface area contributed by atoms with Crippen molar-refractivity contribution < 1.29 is 9.59 Å². The number of rotatable bonds is 4. The molecule has 0 bridgehead atoms. The first-order valence-electron chi connectivity index (χ1n) is 4.72. The fourth-order valence-corrected chi connectivity index (χ4v) is 0.407. The Bertz CT molecular complexity index is 161. The highest BCUT2D eigenvalue weighted by Crippen LogP contribution is 1.78. The molecule has 0 aromatic rings. The first-order valence-corrected chi connectivity index (χ1v) is 4.72. The van der Waals surface area contributed by atoms with Gasteiger partial charge in [0.2, 0.25) is 0 Å². The molecule has 4 nitrogen and oxygen atoms in total. The molecule has 0 saturated carbocycles. The Labute approximate surface area is 93.8 Å². The zero-order chi connectivity index (χ0) is 11.7. The summed E-state index contributed by atoms with van der Waals surface area (Å²) in [5.41, 5.74) is 0. The number of carbonyl (C=O) groups excluding carboxylic acids is 2. The van der Waals surface area contributed by atoms with Crippen molar-refractivity contribution >= 4 is 11.6 Å². The Morgan fingerprint density at radius 2 is 1.07 bits per heavy atom. The molecule has 0 saturated heterocycles. The van der Waals surface area contributed by atoms with Crippen molar-refractivity contribution in [3.8, 4) is 0 Å². The molecule has 0 rings (SSSR count). The van der Waals surface area contributed by atoms with Crippen molar-refractivity contribution in [2.24, 2.45) is 0 Å². The van der Waals surface area contributed by atoms with Gasteiger partial charge < -0.3 is 10.6 Å². The normalized spacial score (nSPS) is 12.7. The van der Waals surface area contributed by atoms with Gasteiger partial charge in [-0.2, -0.15) is 0 Å². The lowest BCUT2D eigenvalue weighted by molar-refractivity contribution is -0.119. The summed E-state index contributed by atoms with van der Waals surface area (Å²) in [7, 11) is 3.54. The summed E-state index contributed by atoms with van der Waals surface area (Å²) in [6.45, 7) is 6.81. The summed E-state index contributed by atoms with van der Waals surface area (Å²) in [4.78, 5) is 20.6. The lowest BCUT2D eigenvalue weighted by atomic mass is 10.2. The number of hydrogen-bond donors (Lipinski definition) is 2. The number of ketones is 2. The van der Waals surface area contributed by atoms with Crippen LogP contribution >= 0.6 is 0 Å². The average molecular weight is 218 g/mol. The van der Waals surface area contributed by atoms with E-state index in [-0.39, 0.29) is 31.1 Å². The van der Waals surface area contributed by atoms with Crippen LogP contribution in [0.5, 0.6) is 0 Å². The van der Waals surface area contributed by atoms with E-state index in [0.717, 1.165) is 0 Å². The van der Waals surface area contributed by atoms with E-state index in [0.29, 0.717) is 0 Å². The topological polar surface area (TPSA) is 58.2 Å². The molecule has 2 atom stereocenters. The van der Waals surface area contributed by atoms with E-state index < -0.39 is 0 Å². The molecule has 0 spiro atoms. The summed E-state index contributed by atoms with van der Waals surface area (Å²) in [5.74, 6) is 0.366. The van der Waals surface area contributed by atoms with E-state index in [1.807, 2.05) is 13.8 Å². The molecule has 0 aliphatic carbocycles. The smallest absolute Gasteiger partial charge is 0.146 e. The number of Topliss-reactive ketones (excluding diaryl/α,β-unsaturated/α-hetero) is 2. The second kappa shape index (κ2) is 11.3. The molecule has 0 aromatic heterocycles. The van der Waals surface area contributed by atoms with E-state index in [1.165, 1.54) is 0 Å². The molecule has 0 fully saturated rings. The van der Waals surface area contributed by atoms with E-state index in [9.17, 15) is 9.59 Å². The third-order valence-electron chi connectivity index (χ3n) is 2.09. The monoisotopic (exact) mass is 218 g/mol. The standard InChI is InChI=1S/2C5H11NO.CH4/c2*1-4(6-3)5(2)7;/h2*4,6H,1-3H3;1H4/t2*4-;/m10./s1. The van der Waals surface area contributed by atoms with Gasteiger partial charge in [0.05, 0.1) is 12.1 Å². The molecular formula is C11H26N2O2. The van der Waals surface area contributed by atoms with Crippen molar-refractivity contribution in [1.82, 2.24) is 10.6 Å². The summed E-state index contributed by atoms with van der Waals surface area (Å²) in [6.07, 6.45) is 0. The average Bonchev–Trinajstić information content (AvgIpc) is 2.15. The Morgan fingerprint density at radius 3 is 1.07 bits per heavy atom. The molecule has 2 N–H and O–H groups in total. The van der Waals surface area contributed by atoms with E-state index in [4.69, 9.17) is 0 Å². The van der Waals surface area contributed by atoms with Gasteiger partial charge in [-0.1, -0.05) is 7.43 Å². The maximum Gasteiger partial charge on any atom is 0.146 e. The predicted octanol–water partition coefficient (Wildman–Crippen LogP) is 1.00. The molecule has 15 heavy (non-hydrogen) atoms. The quantitative estimate of drug-likeness (QED) is 0.739. The highest BCUT2D eigenvalue weighted by Gasteiger charge is 2.00. The van der Waals surface area contributed by atoms with Crippen LogP contribution in [0.15, 0.2) is 0 Å². The maximum atomic E-state index is 10.3. The molecule has 0 aliphatic heterocycles. The maximum absolute atomic E-state index is 10.3. The van der Waals surface area contributed by atoms with E-state index in [2.05, 4.69) is 10.6 Å². The van der Waals surface area contributed by atoms with Crippen molar-refractivity contribution in [3.05, 3.63) is 0 Å². The summed E-state index contributed by atoms with van der Waals surface area (Å²) in [6, 6.07) is 0.0278. The Hall–Kier alpha value is -0.740. The molecule has 0 heterocycles. The summed E-state index contributed by atoms with van der Waals surface area (Å²) in [5, 5.41) is 5.63. The van der Waals surface area contributed by atoms with E-state index in [1.54, 1.807) is 27.9 Å². The number of likely N-dealkylation sites (N-methyl/N-ethyl adjacent to an activating group) is 2. The van der Waals surface area contributed by atoms with Gasteiger partial charge >= 0.3 is 0 Å². The summed E-state index contributed by atoms with van der Waals surface area (Å²) >= 11 is 0. The lowest BCUT2D eigenvalue weighted by Crippen LogP contribution is -2.28. The fourth-order valence-electron chi connectivity index (χ4n) is 0.407. The second-order valence-electron chi connectivity index (χ2n) is 3.24. The Morgan fingerprint density at radius 1 is 0.867 bits per heavy atom. The third kappa shape index (κ3) is 13.3. The largest absolute Gasteiger partial charge is 0.311 e. The predicted molar refractivity (Wildman–Crippen MR) is 65.1 cm³/mol. The molecule has 0 aliphatic rings. The minimum Gasteiger partial charge on any atom is -0.311 e. The van der Waals surface area contributed by atoms with Gasteiger partial charge in [0, 0.05) is 0 Å². The highest BCUT2D eigenvalue weighted by molar-refractivity contribution is 5.81. The molecule has 92 valence electrons. The van der Waals surface area contributed by atoms with Crippen LogP contribution in [0.4, 0.5) is 0 Å². The van der Waals surface area contributed by atoms with Crippen LogP contribution in [0.2, 0.25) is 0 Å². The molecule has 0 radical (unpaired) electrons. The first kappa shape index (κ1) is 19.8. The van der Waals surface area contributed by atoms with Crippen LogP contribution in [-0.2, 0) is 9.59 Å². The number of hydrogen-bond acceptors (Lipinski definition) is 4. The van der Waals surface area contributed by atoms with Crippen molar-refractivity contribution in [3.63, 3.8) is 0 Å². The third-order valence-corrected chi connectivity index (χ3v) is 2.09. The first-order chi connectivity index (χ1) is 6.36. The molecule has 0 aromatic carbocycles. The van der Waals surface area contributed by atoms with Gasteiger partial charge in [0.1, 0.15) is 11.6 Å². The summed E-state index contributed by atoms with van der Waals surface area (Å²) < 4.78 is 0. The van der Waals surface area contributed by atoms with Crippen molar-refractivity contribution in [1.29, 1.82) is 0 Å². The highest BCUT2D eigenvalue weighted by atomic mass is 16.1. The molecule has 0 unspecified atom stereocenters. The minimum absolute atomic E-state index is 0. The van der Waals surface area contributed by atoms with Crippen LogP contribution in [0, 0.1) is 0 Å². The van der Waals surface area contributed by atoms with Crippen LogP contribution in [0.25, 0.3) is 0 Å². The lowest BCUT2D eigenvalue weighted by Gasteiger charge is -2.01. The Kier molecular flexibility index (Phi) is 14.9. The van der Waals surface area contributed by atoms with Crippen LogP contribution in [0.1, 0.15) is 35.1 Å². The molecular weight excluding hydrogens is 192 g/mol. The van der Waals surface area contributed by atoms with Crippen LogP contribution in [-0.4, -0.2) is 37.7 Å². The molecule has 0 amide bonds. The van der Waals surface area contributed by atoms with Gasteiger partial charge in [0.25, 0.3) is 0 Å². The van der Waals surface area contributed by atoms with Crippen LogP contribution in [0.3, 0.4) is 0 Å². The zero-order valence-corrected chi connectivity index (χ0v) is 9.97. The minimum atomic E-state index is 0. The van der Waals surface area contributed by atoms with Crippen molar-refractivity contribution in [2.45, 2.75) is 47.2 Å². The van der Waals surface area contributed by atoms with Gasteiger partial charge in [-0.3, -0.25) is 9.59 Å². The number of carbonyl (C=O) groups is 2. The van der Waals surface area contributed by atoms with Gasteiger partial charge in [-0.05, 0) is 41.8 Å². The van der Waals surface area contributed by atoms with Gasteiger partial charge in [0.15, 0.2) is 0 Å². The Balaban J connectivity index is -0.000000180. The van der Waals surface area contributed by atoms with Gasteiger partial charge in [-0.25, -0.2) is 0 Å². The van der Waals surface area contributed by atoms with Gasteiger partial charge in [-0.15, -0.1) is 0 Å². The van der Waals surface area contributed by atoms with Crippen LogP contribution < -0.4 is 10.6 Å².